The third-order valence-electron chi connectivity index (χ3n) is 2.11. The standard InChI is InChI=1S/C8H12N6S/c1-4-5(15-7(9)11-4)6-12-13-8(10-2)14(6)3/h1-3H3,(H2,9,11)(H,10,13). The van der Waals surface area contributed by atoms with E-state index in [9.17, 15) is 0 Å². The number of aromatic nitrogens is 4. The highest BCUT2D eigenvalue weighted by Gasteiger charge is 2.15. The summed E-state index contributed by atoms with van der Waals surface area (Å²) < 4.78 is 1.87. The molecule has 0 atom stereocenters. The second-order valence-electron chi connectivity index (χ2n) is 3.12. The molecule has 2 aromatic heterocycles. The number of rotatable bonds is 2. The first-order chi connectivity index (χ1) is 7.13. The Morgan fingerprint density at radius 3 is 2.60 bits per heavy atom. The van der Waals surface area contributed by atoms with Gasteiger partial charge in [0.1, 0.15) is 0 Å². The van der Waals surface area contributed by atoms with E-state index >= 15 is 0 Å². The van der Waals surface area contributed by atoms with Crippen LogP contribution in [0.1, 0.15) is 5.69 Å². The lowest BCUT2D eigenvalue weighted by atomic mass is 10.4. The molecule has 0 fully saturated rings. The number of hydrogen-bond acceptors (Lipinski definition) is 6. The van der Waals surface area contributed by atoms with E-state index in [0.29, 0.717) is 5.13 Å². The van der Waals surface area contributed by atoms with Gasteiger partial charge in [-0.05, 0) is 6.92 Å². The van der Waals surface area contributed by atoms with Crippen molar-refractivity contribution >= 4 is 22.4 Å². The highest BCUT2D eigenvalue weighted by Crippen LogP contribution is 2.30. The van der Waals surface area contributed by atoms with Crippen molar-refractivity contribution in [3.63, 3.8) is 0 Å². The zero-order chi connectivity index (χ0) is 11.0. The maximum Gasteiger partial charge on any atom is 0.224 e. The van der Waals surface area contributed by atoms with Gasteiger partial charge in [-0.15, -0.1) is 10.2 Å². The van der Waals surface area contributed by atoms with E-state index in [-0.39, 0.29) is 0 Å². The van der Waals surface area contributed by atoms with Crippen molar-refractivity contribution in [2.75, 3.05) is 18.1 Å². The third kappa shape index (κ3) is 1.54. The first kappa shape index (κ1) is 9.91. The summed E-state index contributed by atoms with van der Waals surface area (Å²) >= 11 is 1.42. The van der Waals surface area contributed by atoms with Gasteiger partial charge in [-0.3, -0.25) is 4.57 Å². The summed E-state index contributed by atoms with van der Waals surface area (Å²) in [6.07, 6.45) is 0. The van der Waals surface area contributed by atoms with E-state index in [2.05, 4.69) is 20.5 Å². The van der Waals surface area contributed by atoms with Crippen molar-refractivity contribution in [1.29, 1.82) is 0 Å². The fraction of sp³-hybridized carbons (Fsp3) is 0.375. The molecule has 0 aliphatic rings. The molecule has 0 amide bonds. The molecular formula is C8H12N6S. The van der Waals surface area contributed by atoms with Crippen molar-refractivity contribution in [1.82, 2.24) is 19.7 Å². The Hall–Kier alpha value is -1.63. The van der Waals surface area contributed by atoms with Gasteiger partial charge >= 0.3 is 0 Å². The molecule has 15 heavy (non-hydrogen) atoms. The van der Waals surface area contributed by atoms with E-state index in [1.807, 2.05) is 25.6 Å². The van der Waals surface area contributed by atoms with Crippen LogP contribution in [0.2, 0.25) is 0 Å². The number of nitrogens with zero attached hydrogens (tertiary/aromatic N) is 4. The Labute approximate surface area is 91.2 Å². The molecule has 0 bridgehead atoms. The van der Waals surface area contributed by atoms with Gasteiger partial charge in [-0.1, -0.05) is 11.3 Å². The Balaban J connectivity index is 2.54. The van der Waals surface area contributed by atoms with E-state index in [1.165, 1.54) is 11.3 Å². The minimum Gasteiger partial charge on any atom is -0.375 e. The summed E-state index contributed by atoms with van der Waals surface area (Å²) in [5.41, 5.74) is 6.53. The van der Waals surface area contributed by atoms with Gasteiger partial charge < -0.3 is 11.1 Å². The molecule has 2 rings (SSSR count). The summed E-state index contributed by atoms with van der Waals surface area (Å²) in [5.74, 6) is 1.50. The molecule has 6 nitrogen and oxygen atoms in total. The van der Waals surface area contributed by atoms with Crippen LogP contribution >= 0.6 is 11.3 Å². The Morgan fingerprint density at radius 1 is 1.40 bits per heavy atom. The van der Waals surface area contributed by atoms with Gasteiger partial charge in [-0.25, -0.2) is 4.98 Å². The van der Waals surface area contributed by atoms with Crippen molar-refractivity contribution in [2.24, 2.45) is 7.05 Å². The molecule has 80 valence electrons. The largest absolute Gasteiger partial charge is 0.375 e. The summed E-state index contributed by atoms with van der Waals surface area (Å²) in [6.45, 7) is 1.91. The summed E-state index contributed by atoms with van der Waals surface area (Å²) in [6, 6.07) is 0. The van der Waals surface area contributed by atoms with Crippen molar-refractivity contribution in [2.45, 2.75) is 6.92 Å². The number of nitrogens with one attached hydrogen (secondary N) is 1. The molecular weight excluding hydrogens is 212 g/mol. The van der Waals surface area contributed by atoms with Crippen LogP contribution in [0.25, 0.3) is 10.7 Å². The topological polar surface area (TPSA) is 81.7 Å². The van der Waals surface area contributed by atoms with E-state index in [4.69, 9.17) is 5.73 Å². The number of thiazole rings is 1. The van der Waals surface area contributed by atoms with Crippen LogP contribution in [0.5, 0.6) is 0 Å². The second kappa shape index (κ2) is 3.50. The van der Waals surface area contributed by atoms with Crippen LogP contribution in [-0.2, 0) is 7.05 Å². The number of hydrogen-bond donors (Lipinski definition) is 2. The van der Waals surface area contributed by atoms with Crippen LogP contribution in [-0.4, -0.2) is 26.8 Å². The minimum atomic E-state index is 0.552. The normalized spacial score (nSPS) is 10.6. The quantitative estimate of drug-likeness (QED) is 0.791. The SMILES string of the molecule is CNc1nnc(-c2sc(N)nc2C)n1C. The van der Waals surface area contributed by atoms with Gasteiger partial charge in [0.25, 0.3) is 0 Å². The van der Waals surface area contributed by atoms with Crippen molar-refractivity contribution in [3.8, 4) is 10.7 Å². The first-order valence-corrected chi connectivity index (χ1v) is 5.25. The molecule has 0 saturated heterocycles. The lowest BCUT2D eigenvalue weighted by molar-refractivity contribution is 0.925. The smallest absolute Gasteiger partial charge is 0.224 e. The molecule has 0 aliphatic heterocycles. The summed E-state index contributed by atoms with van der Waals surface area (Å²) in [5, 5.41) is 11.6. The van der Waals surface area contributed by atoms with Crippen molar-refractivity contribution in [3.05, 3.63) is 5.69 Å². The monoisotopic (exact) mass is 224 g/mol. The number of nitrogen functional groups attached to an aromatic ring is 1. The van der Waals surface area contributed by atoms with Gasteiger partial charge in [0.2, 0.25) is 5.95 Å². The number of anilines is 2. The molecule has 0 aromatic carbocycles. The zero-order valence-electron chi connectivity index (χ0n) is 8.77. The maximum absolute atomic E-state index is 5.64. The molecule has 0 unspecified atom stereocenters. The second-order valence-corrected chi connectivity index (χ2v) is 4.15. The van der Waals surface area contributed by atoms with Crippen LogP contribution in [0.3, 0.4) is 0 Å². The van der Waals surface area contributed by atoms with Crippen LogP contribution in [0.4, 0.5) is 11.1 Å². The molecule has 0 radical (unpaired) electrons. The molecule has 7 heteroatoms. The lowest BCUT2D eigenvalue weighted by Gasteiger charge is -2.00. The Morgan fingerprint density at radius 2 is 2.13 bits per heavy atom. The highest BCUT2D eigenvalue weighted by molar-refractivity contribution is 7.18. The van der Waals surface area contributed by atoms with Gasteiger partial charge in [0.05, 0.1) is 10.6 Å². The highest BCUT2D eigenvalue weighted by atomic mass is 32.1. The minimum absolute atomic E-state index is 0.552. The summed E-state index contributed by atoms with van der Waals surface area (Å²) in [4.78, 5) is 5.12. The average Bonchev–Trinajstić information content (AvgIpc) is 2.69. The van der Waals surface area contributed by atoms with Gasteiger partial charge in [-0.2, -0.15) is 0 Å². The van der Waals surface area contributed by atoms with Crippen LogP contribution in [0, 0.1) is 6.92 Å². The van der Waals surface area contributed by atoms with Crippen molar-refractivity contribution < 1.29 is 0 Å². The molecule has 0 saturated carbocycles. The van der Waals surface area contributed by atoms with E-state index in [0.717, 1.165) is 22.3 Å². The first-order valence-electron chi connectivity index (χ1n) is 4.44. The average molecular weight is 224 g/mol. The molecule has 0 spiro atoms. The predicted octanol–water partition coefficient (Wildman–Crippen LogP) is 0.871. The number of aryl methyl sites for hydroxylation is 1. The molecule has 3 N–H and O–H groups in total. The molecule has 0 aliphatic carbocycles. The fourth-order valence-electron chi connectivity index (χ4n) is 1.37. The van der Waals surface area contributed by atoms with Crippen LogP contribution in [0.15, 0.2) is 0 Å². The number of nitrogens with two attached hydrogens (primary N) is 1. The fourth-order valence-corrected chi connectivity index (χ4v) is 2.22. The zero-order valence-corrected chi connectivity index (χ0v) is 9.59. The molecule has 2 heterocycles. The van der Waals surface area contributed by atoms with Gasteiger partial charge in [0, 0.05) is 14.1 Å². The lowest BCUT2D eigenvalue weighted by Crippen LogP contribution is -1.99. The molecule has 2 aromatic rings. The van der Waals surface area contributed by atoms with E-state index < -0.39 is 0 Å². The Bertz CT molecular complexity index is 485. The van der Waals surface area contributed by atoms with E-state index in [1.54, 1.807) is 0 Å². The summed E-state index contributed by atoms with van der Waals surface area (Å²) in [7, 11) is 3.71. The van der Waals surface area contributed by atoms with Crippen LogP contribution < -0.4 is 11.1 Å². The maximum atomic E-state index is 5.64. The van der Waals surface area contributed by atoms with Gasteiger partial charge in [0.15, 0.2) is 11.0 Å². The third-order valence-corrected chi connectivity index (χ3v) is 3.10. The Kier molecular flexibility index (Phi) is 2.31. The predicted molar refractivity (Wildman–Crippen MR) is 60.8 cm³/mol.